The number of alkyl halides is 2. The fraction of sp³-hybridized carbons (Fsp3) is 0.240. The van der Waals surface area contributed by atoms with Gasteiger partial charge in [0.05, 0.1) is 41.3 Å². The molecule has 4 aromatic rings. The maximum atomic E-state index is 14.7. The molecule has 0 saturated heterocycles. The molecule has 3 heterocycles. The van der Waals surface area contributed by atoms with E-state index < -0.39 is 23.6 Å². The summed E-state index contributed by atoms with van der Waals surface area (Å²) < 4.78 is 41.7. The number of nitrogen functional groups attached to an aromatic ring is 1. The monoisotopic (exact) mass is 492 g/mol. The second kappa shape index (κ2) is 7.87. The van der Waals surface area contributed by atoms with Gasteiger partial charge >= 0.3 is 0 Å². The zero-order valence-corrected chi connectivity index (χ0v) is 18.8. The third-order valence-corrected chi connectivity index (χ3v) is 6.66. The highest BCUT2D eigenvalue weighted by Crippen LogP contribution is 2.55. The van der Waals surface area contributed by atoms with E-state index in [2.05, 4.69) is 20.2 Å². The standard InChI is InChI=1S/C25H19F3N6O2/c26-18-6-5-12(8-19-13-3-1-2-4-14(13)23(35)33-32-19)7-15(18)24(36)34-10-16-20(11-34)30-22(31-21(16)29)17-9-25(17,27)28/h1-7,17H,8-11H2,(H,33,35)(H2,29,30,31). The molecule has 11 heteroatoms. The molecular weight excluding hydrogens is 473 g/mol. The lowest BCUT2D eigenvalue weighted by Gasteiger charge is -2.16. The molecule has 2 aliphatic rings. The first-order valence-corrected chi connectivity index (χ1v) is 11.3. The summed E-state index contributed by atoms with van der Waals surface area (Å²) in [4.78, 5) is 34.9. The molecule has 182 valence electrons. The number of halogens is 3. The average Bonchev–Trinajstić information content (AvgIpc) is 3.29. The molecule has 1 amide bonds. The number of benzene rings is 2. The molecule has 2 aromatic carbocycles. The number of rotatable bonds is 4. The number of nitrogens with zero attached hydrogens (tertiary/aromatic N) is 4. The normalized spacial score (nSPS) is 17.9. The van der Waals surface area contributed by atoms with Crippen LogP contribution in [0.5, 0.6) is 0 Å². The molecule has 1 unspecified atom stereocenters. The van der Waals surface area contributed by atoms with E-state index in [9.17, 15) is 22.8 Å². The number of hydrogen-bond acceptors (Lipinski definition) is 6. The molecule has 0 radical (unpaired) electrons. The fourth-order valence-corrected chi connectivity index (χ4v) is 4.61. The van der Waals surface area contributed by atoms with Gasteiger partial charge in [-0.2, -0.15) is 5.10 Å². The van der Waals surface area contributed by atoms with Crippen LogP contribution in [-0.4, -0.2) is 36.9 Å². The molecular formula is C25H19F3N6O2. The fourth-order valence-electron chi connectivity index (χ4n) is 4.61. The minimum absolute atomic E-state index is 0.0158. The Hall–Kier alpha value is -4.28. The number of carbonyl (C=O) groups excluding carboxylic acids is 1. The summed E-state index contributed by atoms with van der Waals surface area (Å²) in [6.07, 6.45) is -0.0687. The number of anilines is 1. The van der Waals surface area contributed by atoms with Crippen LogP contribution < -0.4 is 11.3 Å². The van der Waals surface area contributed by atoms with Crippen molar-refractivity contribution in [1.29, 1.82) is 0 Å². The van der Waals surface area contributed by atoms with Crippen molar-refractivity contribution in [2.75, 3.05) is 5.73 Å². The first-order chi connectivity index (χ1) is 17.2. The highest BCUT2D eigenvalue weighted by atomic mass is 19.3. The number of carbonyl (C=O) groups is 1. The van der Waals surface area contributed by atoms with Crippen molar-refractivity contribution >= 4 is 22.5 Å². The van der Waals surface area contributed by atoms with Crippen molar-refractivity contribution in [3.63, 3.8) is 0 Å². The first-order valence-electron chi connectivity index (χ1n) is 11.3. The molecule has 8 nitrogen and oxygen atoms in total. The lowest BCUT2D eigenvalue weighted by Crippen LogP contribution is -2.26. The van der Waals surface area contributed by atoms with Crippen molar-refractivity contribution in [3.05, 3.63) is 92.5 Å². The van der Waals surface area contributed by atoms with Crippen LogP contribution >= 0.6 is 0 Å². The largest absolute Gasteiger partial charge is 0.383 e. The number of hydrogen-bond donors (Lipinski definition) is 2. The number of nitrogens with one attached hydrogen (secondary N) is 1. The molecule has 1 aliphatic carbocycles. The lowest BCUT2D eigenvalue weighted by atomic mass is 10.0. The van der Waals surface area contributed by atoms with Gasteiger partial charge in [0.1, 0.15) is 17.5 Å². The molecule has 3 N–H and O–H groups in total. The van der Waals surface area contributed by atoms with Crippen LogP contribution in [0.1, 0.15) is 51.0 Å². The Kier molecular flexibility index (Phi) is 4.85. The van der Waals surface area contributed by atoms with Gasteiger partial charge in [0.25, 0.3) is 17.4 Å². The van der Waals surface area contributed by atoms with Crippen molar-refractivity contribution in [1.82, 2.24) is 25.1 Å². The first kappa shape index (κ1) is 22.2. The quantitative estimate of drug-likeness (QED) is 0.451. The number of H-pyrrole nitrogens is 1. The van der Waals surface area contributed by atoms with Gasteiger partial charge in [-0.05, 0) is 23.8 Å². The van der Waals surface area contributed by atoms with Gasteiger partial charge in [0, 0.05) is 23.8 Å². The van der Waals surface area contributed by atoms with Gasteiger partial charge in [-0.15, -0.1) is 0 Å². The van der Waals surface area contributed by atoms with Crippen LogP contribution in [-0.2, 0) is 19.5 Å². The van der Waals surface area contributed by atoms with E-state index in [-0.39, 0.29) is 48.7 Å². The average molecular weight is 492 g/mol. The second-order valence-electron chi connectivity index (χ2n) is 9.11. The molecule has 1 aliphatic heterocycles. The van der Waals surface area contributed by atoms with Gasteiger partial charge < -0.3 is 10.6 Å². The summed E-state index contributed by atoms with van der Waals surface area (Å²) in [6.45, 7) is 0.0685. The lowest BCUT2D eigenvalue weighted by molar-refractivity contribution is 0.0745. The van der Waals surface area contributed by atoms with Crippen molar-refractivity contribution in [3.8, 4) is 0 Å². The third kappa shape index (κ3) is 3.67. The Bertz CT molecular complexity index is 1620. The van der Waals surface area contributed by atoms with Gasteiger partial charge in [0.15, 0.2) is 0 Å². The van der Waals surface area contributed by atoms with Crippen LogP contribution in [0.15, 0.2) is 47.3 Å². The zero-order chi connectivity index (χ0) is 25.2. The Labute approximate surface area is 202 Å². The van der Waals surface area contributed by atoms with Gasteiger partial charge in [-0.1, -0.05) is 24.3 Å². The van der Waals surface area contributed by atoms with Crippen molar-refractivity contribution in [2.24, 2.45) is 0 Å². The maximum absolute atomic E-state index is 14.7. The predicted molar refractivity (Wildman–Crippen MR) is 124 cm³/mol. The number of aromatic nitrogens is 4. The van der Waals surface area contributed by atoms with E-state index in [0.29, 0.717) is 33.3 Å². The third-order valence-electron chi connectivity index (χ3n) is 6.66. The zero-order valence-electron chi connectivity index (χ0n) is 18.8. The molecule has 1 atom stereocenters. The molecule has 36 heavy (non-hydrogen) atoms. The van der Waals surface area contributed by atoms with E-state index in [1.165, 1.54) is 17.0 Å². The Morgan fingerprint density at radius 1 is 1.14 bits per heavy atom. The second-order valence-corrected chi connectivity index (χ2v) is 9.11. The molecule has 1 saturated carbocycles. The van der Waals surface area contributed by atoms with Gasteiger partial charge in [-0.3, -0.25) is 9.59 Å². The van der Waals surface area contributed by atoms with Crippen LogP contribution in [0.4, 0.5) is 19.0 Å². The van der Waals surface area contributed by atoms with E-state index >= 15 is 0 Å². The molecule has 6 rings (SSSR count). The highest BCUT2D eigenvalue weighted by Gasteiger charge is 2.59. The Morgan fingerprint density at radius 3 is 2.64 bits per heavy atom. The molecule has 0 spiro atoms. The maximum Gasteiger partial charge on any atom is 0.272 e. The topological polar surface area (TPSA) is 118 Å². The Balaban J connectivity index is 1.27. The smallest absolute Gasteiger partial charge is 0.272 e. The van der Waals surface area contributed by atoms with E-state index in [1.54, 1.807) is 30.3 Å². The van der Waals surface area contributed by atoms with Crippen molar-refractivity contribution in [2.45, 2.75) is 37.8 Å². The van der Waals surface area contributed by atoms with Gasteiger partial charge in [-0.25, -0.2) is 28.2 Å². The number of fused-ring (bicyclic) bond motifs is 2. The summed E-state index contributed by atoms with van der Waals surface area (Å²) in [5.74, 6) is -5.16. The van der Waals surface area contributed by atoms with Crippen LogP contribution in [0, 0.1) is 5.82 Å². The summed E-state index contributed by atoms with van der Waals surface area (Å²) in [5.41, 5.74) is 7.61. The highest BCUT2D eigenvalue weighted by molar-refractivity contribution is 5.95. The molecule has 1 fully saturated rings. The van der Waals surface area contributed by atoms with E-state index in [0.717, 1.165) is 0 Å². The summed E-state index contributed by atoms with van der Waals surface area (Å²) in [6, 6.07) is 11.2. The van der Waals surface area contributed by atoms with E-state index in [4.69, 9.17) is 5.73 Å². The Morgan fingerprint density at radius 2 is 1.89 bits per heavy atom. The molecule has 2 aromatic heterocycles. The summed E-state index contributed by atoms with van der Waals surface area (Å²) in [7, 11) is 0. The number of aromatic amines is 1. The van der Waals surface area contributed by atoms with Crippen molar-refractivity contribution < 1.29 is 18.0 Å². The summed E-state index contributed by atoms with van der Waals surface area (Å²) in [5, 5.41) is 7.76. The minimum Gasteiger partial charge on any atom is -0.383 e. The number of amides is 1. The summed E-state index contributed by atoms with van der Waals surface area (Å²) >= 11 is 0. The van der Waals surface area contributed by atoms with E-state index in [1.807, 2.05) is 0 Å². The number of nitrogens with two attached hydrogens (primary N) is 1. The van der Waals surface area contributed by atoms with Crippen LogP contribution in [0.3, 0.4) is 0 Å². The molecule has 0 bridgehead atoms. The van der Waals surface area contributed by atoms with Crippen LogP contribution in [0.25, 0.3) is 10.8 Å². The minimum atomic E-state index is -2.84. The predicted octanol–water partition coefficient (Wildman–Crippen LogP) is 3.30. The SMILES string of the molecule is Nc1nc(C2CC2(F)F)nc2c1CN(C(=O)c1cc(Cc3n[nH]c(=O)c4ccccc34)ccc1F)C2. The van der Waals surface area contributed by atoms with Gasteiger partial charge in [0.2, 0.25) is 0 Å². The van der Waals surface area contributed by atoms with Crippen LogP contribution in [0.2, 0.25) is 0 Å².